The smallest absolute Gasteiger partial charge is 0.124 e. The van der Waals surface area contributed by atoms with E-state index in [0.29, 0.717) is 13.2 Å². The van der Waals surface area contributed by atoms with E-state index in [2.05, 4.69) is 12.1 Å². The summed E-state index contributed by atoms with van der Waals surface area (Å²) in [6, 6.07) is 24.2. The predicted octanol–water partition coefficient (Wildman–Crippen LogP) is 4.40. The summed E-state index contributed by atoms with van der Waals surface area (Å²) in [6.45, 7) is 0.967. The monoisotopic (exact) mass is 319 g/mol. The van der Waals surface area contributed by atoms with Crippen molar-refractivity contribution in [2.45, 2.75) is 13.2 Å². The molecule has 122 valence electrons. The Morgan fingerprint density at radius 1 is 0.833 bits per heavy atom. The van der Waals surface area contributed by atoms with Crippen LogP contribution in [0.4, 0.5) is 0 Å². The van der Waals surface area contributed by atoms with E-state index in [1.165, 1.54) is 0 Å². The maximum atomic E-state index is 5.95. The molecule has 2 N–H and O–H groups in total. The third-order valence-corrected chi connectivity index (χ3v) is 3.92. The van der Waals surface area contributed by atoms with Crippen LogP contribution >= 0.6 is 0 Å². The van der Waals surface area contributed by atoms with Crippen LogP contribution in [0.3, 0.4) is 0 Å². The number of methoxy groups -OCH3 is 1. The van der Waals surface area contributed by atoms with Crippen molar-refractivity contribution in [3.63, 3.8) is 0 Å². The molecule has 0 aliphatic carbocycles. The number of benzene rings is 3. The van der Waals surface area contributed by atoms with Gasteiger partial charge >= 0.3 is 0 Å². The number of hydrogen-bond acceptors (Lipinski definition) is 3. The van der Waals surface area contributed by atoms with Crippen molar-refractivity contribution in [3.05, 3.63) is 83.9 Å². The summed E-state index contributed by atoms with van der Waals surface area (Å²) in [5, 5.41) is 0. The van der Waals surface area contributed by atoms with Gasteiger partial charge in [0, 0.05) is 12.1 Å². The molecule has 0 saturated heterocycles. The van der Waals surface area contributed by atoms with Gasteiger partial charge in [-0.05, 0) is 41.0 Å². The Bertz CT molecular complexity index is 800. The Morgan fingerprint density at radius 2 is 1.62 bits per heavy atom. The van der Waals surface area contributed by atoms with Crippen LogP contribution < -0.4 is 15.2 Å². The van der Waals surface area contributed by atoms with Gasteiger partial charge in [-0.15, -0.1) is 0 Å². The van der Waals surface area contributed by atoms with Crippen LogP contribution in [0.5, 0.6) is 11.5 Å². The number of rotatable bonds is 6. The predicted molar refractivity (Wildman–Crippen MR) is 97.1 cm³/mol. The van der Waals surface area contributed by atoms with Crippen molar-refractivity contribution in [2.24, 2.45) is 5.73 Å². The van der Waals surface area contributed by atoms with Gasteiger partial charge in [-0.25, -0.2) is 0 Å². The van der Waals surface area contributed by atoms with Crippen molar-refractivity contribution >= 4 is 0 Å². The molecule has 0 bridgehead atoms. The van der Waals surface area contributed by atoms with Crippen LogP contribution in [0.2, 0.25) is 0 Å². The van der Waals surface area contributed by atoms with Gasteiger partial charge < -0.3 is 15.2 Å². The first-order valence-electron chi connectivity index (χ1n) is 7.94. The van der Waals surface area contributed by atoms with Gasteiger partial charge in [0.2, 0.25) is 0 Å². The maximum absolute atomic E-state index is 5.95. The molecule has 0 fully saturated rings. The molecule has 24 heavy (non-hydrogen) atoms. The van der Waals surface area contributed by atoms with Crippen molar-refractivity contribution in [1.82, 2.24) is 0 Å². The maximum Gasteiger partial charge on any atom is 0.124 e. The number of hydrogen-bond donors (Lipinski definition) is 1. The minimum Gasteiger partial charge on any atom is -0.497 e. The van der Waals surface area contributed by atoms with E-state index in [4.69, 9.17) is 15.2 Å². The molecule has 0 unspecified atom stereocenters. The molecule has 0 aliphatic heterocycles. The van der Waals surface area contributed by atoms with Gasteiger partial charge in [0.05, 0.1) is 7.11 Å². The fourth-order valence-electron chi connectivity index (χ4n) is 2.60. The van der Waals surface area contributed by atoms with Crippen molar-refractivity contribution in [3.8, 4) is 22.6 Å². The molecule has 0 radical (unpaired) electrons. The molecule has 0 heterocycles. The molecule has 3 nitrogen and oxygen atoms in total. The van der Waals surface area contributed by atoms with Crippen LogP contribution in [0.15, 0.2) is 72.8 Å². The summed E-state index contributed by atoms with van der Waals surface area (Å²) in [5.74, 6) is 1.67. The summed E-state index contributed by atoms with van der Waals surface area (Å²) < 4.78 is 11.2. The van der Waals surface area contributed by atoms with E-state index in [9.17, 15) is 0 Å². The van der Waals surface area contributed by atoms with Gasteiger partial charge in [0.15, 0.2) is 0 Å². The molecule has 0 aromatic heterocycles. The van der Waals surface area contributed by atoms with Gasteiger partial charge in [-0.2, -0.15) is 0 Å². The van der Waals surface area contributed by atoms with E-state index < -0.39 is 0 Å². The molecule has 0 saturated carbocycles. The minimum atomic E-state index is 0.432. The highest BCUT2D eigenvalue weighted by Gasteiger charge is 2.07. The molecular weight excluding hydrogens is 298 g/mol. The average Bonchev–Trinajstić information content (AvgIpc) is 2.67. The highest BCUT2D eigenvalue weighted by atomic mass is 16.5. The molecule has 3 aromatic carbocycles. The Kier molecular flexibility index (Phi) is 5.14. The van der Waals surface area contributed by atoms with Crippen molar-refractivity contribution < 1.29 is 9.47 Å². The fraction of sp³-hybridized carbons (Fsp3) is 0.143. The Morgan fingerprint density at radius 3 is 2.38 bits per heavy atom. The topological polar surface area (TPSA) is 44.5 Å². The zero-order valence-electron chi connectivity index (χ0n) is 13.7. The van der Waals surface area contributed by atoms with Gasteiger partial charge in [-0.3, -0.25) is 0 Å². The summed E-state index contributed by atoms with van der Waals surface area (Å²) in [5.41, 5.74) is 10.2. The first kappa shape index (κ1) is 16.1. The van der Waals surface area contributed by atoms with Crippen LogP contribution in [0.1, 0.15) is 11.1 Å². The van der Waals surface area contributed by atoms with Crippen LogP contribution in [-0.4, -0.2) is 7.11 Å². The first-order valence-corrected chi connectivity index (χ1v) is 7.94. The van der Waals surface area contributed by atoms with E-state index in [1.54, 1.807) is 7.11 Å². The van der Waals surface area contributed by atoms with Crippen LogP contribution in [0.25, 0.3) is 11.1 Å². The number of ether oxygens (including phenoxy) is 2. The molecule has 0 amide bonds. The average molecular weight is 319 g/mol. The first-order chi connectivity index (χ1) is 11.8. The number of nitrogens with two attached hydrogens (primary N) is 1. The third-order valence-electron chi connectivity index (χ3n) is 3.92. The quantitative estimate of drug-likeness (QED) is 0.732. The SMILES string of the molecule is COc1cccc(-c2ccc(OCc3ccccc3)c(CN)c2)c1. The van der Waals surface area contributed by atoms with Gasteiger partial charge in [-0.1, -0.05) is 48.5 Å². The molecule has 0 atom stereocenters. The summed E-state index contributed by atoms with van der Waals surface area (Å²) >= 11 is 0. The molecular formula is C21H21NO2. The largest absolute Gasteiger partial charge is 0.497 e. The van der Waals surface area contributed by atoms with Crippen molar-refractivity contribution in [2.75, 3.05) is 7.11 Å². The minimum absolute atomic E-state index is 0.432. The molecule has 3 aromatic rings. The Balaban J connectivity index is 1.82. The molecule has 0 aliphatic rings. The van der Waals surface area contributed by atoms with E-state index in [1.807, 2.05) is 60.7 Å². The lowest BCUT2D eigenvalue weighted by atomic mass is 10.0. The Hall–Kier alpha value is -2.78. The molecule has 3 rings (SSSR count). The van der Waals surface area contributed by atoms with E-state index in [0.717, 1.165) is 33.8 Å². The lowest BCUT2D eigenvalue weighted by Gasteiger charge is -2.13. The van der Waals surface area contributed by atoms with Crippen LogP contribution in [-0.2, 0) is 13.2 Å². The van der Waals surface area contributed by atoms with Crippen molar-refractivity contribution in [1.29, 1.82) is 0 Å². The third kappa shape index (κ3) is 3.76. The molecule has 0 spiro atoms. The molecule has 3 heteroatoms. The van der Waals surface area contributed by atoms with Crippen LogP contribution in [0, 0.1) is 0 Å². The summed E-state index contributed by atoms with van der Waals surface area (Å²) in [6.07, 6.45) is 0. The highest BCUT2D eigenvalue weighted by Crippen LogP contribution is 2.29. The summed E-state index contributed by atoms with van der Waals surface area (Å²) in [7, 11) is 1.67. The lowest BCUT2D eigenvalue weighted by molar-refractivity contribution is 0.303. The Labute approximate surface area is 142 Å². The zero-order valence-corrected chi connectivity index (χ0v) is 13.7. The normalized spacial score (nSPS) is 10.4. The van der Waals surface area contributed by atoms with E-state index >= 15 is 0 Å². The lowest BCUT2D eigenvalue weighted by Crippen LogP contribution is -2.03. The highest BCUT2D eigenvalue weighted by molar-refractivity contribution is 5.67. The zero-order chi connectivity index (χ0) is 16.8. The summed E-state index contributed by atoms with van der Waals surface area (Å²) in [4.78, 5) is 0. The van der Waals surface area contributed by atoms with Gasteiger partial charge in [0.1, 0.15) is 18.1 Å². The standard InChI is InChI=1S/C21H21NO2/c1-23-20-9-5-8-17(13-20)18-10-11-21(19(12-18)14-22)24-15-16-6-3-2-4-7-16/h2-13H,14-15,22H2,1H3. The second kappa shape index (κ2) is 7.66. The second-order valence-corrected chi connectivity index (χ2v) is 5.53. The van der Waals surface area contributed by atoms with E-state index in [-0.39, 0.29) is 0 Å². The van der Waals surface area contributed by atoms with Gasteiger partial charge in [0.25, 0.3) is 0 Å². The fourth-order valence-corrected chi connectivity index (χ4v) is 2.60. The second-order valence-electron chi connectivity index (χ2n) is 5.53.